The fraction of sp³-hybridized carbons (Fsp3) is 0.714. The van der Waals surface area contributed by atoms with E-state index < -0.39 is 5.97 Å². The first-order chi connectivity index (χ1) is 9.04. The molecule has 0 radical (unpaired) electrons. The highest BCUT2D eigenvalue weighted by molar-refractivity contribution is 5.69. The standard InChI is InChI=1S/C14H25N3O2/c1-4-17-9-8-15-13(17)10-16-12(3)7-5-6-11(2)14(18)19/h8-9,11-12,16H,4-7,10H2,1-3H3,(H,18,19). The zero-order valence-corrected chi connectivity index (χ0v) is 12.1. The maximum Gasteiger partial charge on any atom is 0.306 e. The summed E-state index contributed by atoms with van der Waals surface area (Å²) in [6.45, 7) is 7.68. The predicted octanol–water partition coefficient (Wildman–Crippen LogP) is 2.27. The van der Waals surface area contributed by atoms with Crippen molar-refractivity contribution in [3.8, 4) is 0 Å². The van der Waals surface area contributed by atoms with Crippen molar-refractivity contribution in [1.29, 1.82) is 0 Å². The molecule has 0 spiro atoms. The Morgan fingerprint density at radius 2 is 2.21 bits per heavy atom. The molecular formula is C14H25N3O2. The monoisotopic (exact) mass is 267 g/mol. The Morgan fingerprint density at radius 1 is 1.47 bits per heavy atom. The van der Waals surface area contributed by atoms with E-state index in [-0.39, 0.29) is 5.92 Å². The lowest BCUT2D eigenvalue weighted by atomic mass is 10.0. The molecule has 0 aliphatic carbocycles. The molecule has 0 fully saturated rings. The van der Waals surface area contributed by atoms with E-state index in [1.54, 1.807) is 6.92 Å². The molecular weight excluding hydrogens is 242 g/mol. The van der Waals surface area contributed by atoms with Crippen LogP contribution in [0.15, 0.2) is 12.4 Å². The van der Waals surface area contributed by atoms with E-state index in [1.165, 1.54) is 0 Å². The topological polar surface area (TPSA) is 67.2 Å². The van der Waals surface area contributed by atoms with E-state index >= 15 is 0 Å². The lowest BCUT2D eigenvalue weighted by Gasteiger charge is -2.14. The highest BCUT2D eigenvalue weighted by Gasteiger charge is 2.11. The van der Waals surface area contributed by atoms with Crippen LogP contribution in [-0.4, -0.2) is 26.7 Å². The van der Waals surface area contributed by atoms with Gasteiger partial charge < -0.3 is 15.0 Å². The van der Waals surface area contributed by atoms with Crippen LogP contribution in [0.5, 0.6) is 0 Å². The number of imidazole rings is 1. The summed E-state index contributed by atoms with van der Waals surface area (Å²) in [6, 6.07) is 0.378. The van der Waals surface area contributed by atoms with Crippen LogP contribution >= 0.6 is 0 Å². The number of aromatic nitrogens is 2. The first-order valence-corrected chi connectivity index (χ1v) is 7.00. The van der Waals surface area contributed by atoms with E-state index in [0.717, 1.165) is 38.2 Å². The van der Waals surface area contributed by atoms with Crippen LogP contribution < -0.4 is 5.32 Å². The minimum Gasteiger partial charge on any atom is -0.481 e. The number of hydrogen-bond acceptors (Lipinski definition) is 3. The molecule has 2 atom stereocenters. The molecule has 108 valence electrons. The summed E-state index contributed by atoms with van der Waals surface area (Å²) in [4.78, 5) is 15.0. The highest BCUT2D eigenvalue weighted by atomic mass is 16.4. The van der Waals surface area contributed by atoms with Gasteiger partial charge in [0.2, 0.25) is 0 Å². The third-order valence-corrected chi connectivity index (χ3v) is 3.45. The number of carbonyl (C=O) groups is 1. The lowest BCUT2D eigenvalue weighted by Crippen LogP contribution is -2.27. The molecule has 0 saturated carbocycles. The quantitative estimate of drug-likeness (QED) is 0.720. The first-order valence-electron chi connectivity index (χ1n) is 7.00. The molecule has 5 nitrogen and oxygen atoms in total. The van der Waals surface area contributed by atoms with Crippen LogP contribution in [0.2, 0.25) is 0 Å². The number of carboxylic acid groups (broad SMARTS) is 1. The van der Waals surface area contributed by atoms with Gasteiger partial charge in [-0.2, -0.15) is 0 Å². The van der Waals surface area contributed by atoms with Crippen LogP contribution in [0.3, 0.4) is 0 Å². The number of carboxylic acids is 1. The Hall–Kier alpha value is -1.36. The van der Waals surface area contributed by atoms with Gasteiger partial charge in [0.05, 0.1) is 12.5 Å². The van der Waals surface area contributed by atoms with Crippen LogP contribution in [0.4, 0.5) is 0 Å². The van der Waals surface area contributed by atoms with Crippen LogP contribution in [0.1, 0.15) is 45.9 Å². The van der Waals surface area contributed by atoms with E-state index in [2.05, 4.69) is 28.7 Å². The number of hydrogen-bond donors (Lipinski definition) is 2. The van der Waals surface area contributed by atoms with E-state index in [4.69, 9.17) is 5.11 Å². The SMILES string of the molecule is CCn1ccnc1CNC(C)CCCC(C)C(=O)O. The van der Waals surface area contributed by atoms with E-state index in [0.29, 0.717) is 6.04 Å². The number of rotatable bonds is 9. The van der Waals surface area contributed by atoms with Gasteiger partial charge in [0.25, 0.3) is 0 Å². The zero-order chi connectivity index (χ0) is 14.3. The third kappa shape index (κ3) is 5.42. The van der Waals surface area contributed by atoms with Gasteiger partial charge in [0, 0.05) is 25.0 Å². The minimum absolute atomic E-state index is 0.244. The van der Waals surface area contributed by atoms with Crippen LogP contribution in [-0.2, 0) is 17.9 Å². The summed E-state index contributed by atoms with van der Waals surface area (Å²) in [7, 11) is 0. The maximum atomic E-state index is 10.7. The molecule has 0 saturated heterocycles. The van der Waals surface area contributed by atoms with Gasteiger partial charge in [-0.25, -0.2) is 4.98 Å². The van der Waals surface area contributed by atoms with Gasteiger partial charge in [0.1, 0.15) is 5.82 Å². The van der Waals surface area contributed by atoms with Gasteiger partial charge in [-0.1, -0.05) is 13.3 Å². The van der Waals surface area contributed by atoms with Crippen molar-refractivity contribution in [3.63, 3.8) is 0 Å². The Kier molecular flexibility index (Phi) is 6.56. The van der Waals surface area contributed by atoms with Crippen molar-refractivity contribution in [2.45, 2.75) is 59.2 Å². The predicted molar refractivity (Wildman–Crippen MR) is 74.9 cm³/mol. The molecule has 1 aromatic rings. The fourth-order valence-electron chi connectivity index (χ4n) is 2.02. The molecule has 0 aliphatic heterocycles. The number of nitrogens with zero attached hydrogens (tertiary/aromatic N) is 2. The average Bonchev–Trinajstić information content (AvgIpc) is 2.83. The summed E-state index contributed by atoms with van der Waals surface area (Å²) in [5, 5.41) is 12.2. The molecule has 2 N–H and O–H groups in total. The van der Waals surface area contributed by atoms with Gasteiger partial charge in [-0.15, -0.1) is 0 Å². The van der Waals surface area contributed by atoms with Crippen molar-refractivity contribution in [1.82, 2.24) is 14.9 Å². The molecule has 0 bridgehead atoms. The summed E-state index contributed by atoms with van der Waals surface area (Å²) in [5.74, 6) is 0.102. The van der Waals surface area contributed by atoms with E-state index in [9.17, 15) is 4.79 Å². The van der Waals surface area contributed by atoms with Crippen molar-refractivity contribution in [2.24, 2.45) is 5.92 Å². The summed E-state index contributed by atoms with van der Waals surface area (Å²) in [5.41, 5.74) is 0. The minimum atomic E-state index is -0.703. The van der Waals surface area contributed by atoms with Gasteiger partial charge >= 0.3 is 5.97 Å². The number of aliphatic carboxylic acids is 1. The lowest BCUT2D eigenvalue weighted by molar-refractivity contribution is -0.141. The molecule has 1 heterocycles. The van der Waals surface area contributed by atoms with Crippen molar-refractivity contribution in [3.05, 3.63) is 18.2 Å². The highest BCUT2D eigenvalue weighted by Crippen LogP contribution is 2.10. The van der Waals surface area contributed by atoms with Crippen molar-refractivity contribution < 1.29 is 9.90 Å². The zero-order valence-electron chi connectivity index (χ0n) is 12.1. The molecule has 0 aliphatic rings. The van der Waals surface area contributed by atoms with Gasteiger partial charge in [0.15, 0.2) is 0 Å². The van der Waals surface area contributed by atoms with Gasteiger partial charge in [-0.05, 0) is 26.7 Å². The molecule has 2 unspecified atom stereocenters. The summed E-state index contributed by atoms with van der Waals surface area (Å²) in [6.07, 6.45) is 6.47. The van der Waals surface area contributed by atoms with Crippen molar-refractivity contribution in [2.75, 3.05) is 0 Å². The second kappa shape index (κ2) is 7.94. The fourth-order valence-corrected chi connectivity index (χ4v) is 2.02. The molecule has 0 aromatic carbocycles. The number of nitrogens with one attached hydrogen (secondary N) is 1. The Labute approximate surface area is 115 Å². The Morgan fingerprint density at radius 3 is 2.84 bits per heavy atom. The smallest absolute Gasteiger partial charge is 0.306 e. The van der Waals surface area contributed by atoms with Crippen LogP contribution in [0, 0.1) is 5.92 Å². The number of aryl methyl sites for hydroxylation is 1. The first kappa shape index (κ1) is 15.7. The van der Waals surface area contributed by atoms with Gasteiger partial charge in [-0.3, -0.25) is 4.79 Å². The van der Waals surface area contributed by atoms with E-state index in [1.807, 2.05) is 12.4 Å². The largest absolute Gasteiger partial charge is 0.481 e. The maximum absolute atomic E-state index is 10.7. The normalized spacial score (nSPS) is 14.3. The Balaban J connectivity index is 2.21. The molecule has 19 heavy (non-hydrogen) atoms. The summed E-state index contributed by atoms with van der Waals surface area (Å²) < 4.78 is 2.12. The molecule has 1 rings (SSSR count). The summed E-state index contributed by atoms with van der Waals surface area (Å²) >= 11 is 0. The molecule has 1 aromatic heterocycles. The molecule has 5 heteroatoms. The van der Waals surface area contributed by atoms with Crippen molar-refractivity contribution >= 4 is 5.97 Å². The van der Waals surface area contributed by atoms with Crippen LogP contribution in [0.25, 0.3) is 0 Å². The second-order valence-corrected chi connectivity index (χ2v) is 5.08. The second-order valence-electron chi connectivity index (χ2n) is 5.08. The third-order valence-electron chi connectivity index (χ3n) is 3.45. The average molecular weight is 267 g/mol. The Bertz CT molecular complexity index is 390. The molecule has 0 amide bonds.